The Hall–Kier alpha value is -3.09. The van der Waals surface area contributed by atoms with Gasteiger partial charge < -0.3 is 9.73 Å². The maximum absolute atomic E-state index is 13.0. The fourth-order valence-corrected chi connectivity index (χ4v) is 1.98. The smallest absolute Gasteiger partial charge is 0.247 e. The van der Waals surface area contributed by atoms with E-state index in [9.17, 15) is 9.18 Å². The fraction of sp³-hybridized carbons (Fsp3) is 0.125. The summed E-state index contributed by atoms with van der Waals surface area (Å²) in [6.45, 7) is 0. The van der Waals surface area contributed by atoms with Crippen LogP contribution in [0.5, 0.6) is 0 Å². The van der Waals surface area contributed by atoms with Gasteiger partial charge in [-0.1, -0.05) is 6.07 Å². The Kier molecular flexibility index (Phi) is 4.37. The molecule has 6 nitrogen and oxygen atoms in total. The second-order valence-electron chi connectivity index (χ2n) is 4.80. The van der Waals surface area contributed by atoms with E-state index in [2.05, 4.69) is 20.5 Å². The maximum Gasteiger partial charge on any atom is 0.247 e. The van der Waals surface area contributed by atoms with Gasteiger partial charge in [-0.15, -0.1) is 10.2 Å². The number of pyridine rings is 1. The Morgan fingerprint density at radius 3 is 2.78 bits per heavy atom. The Balaban J connectivity index is 1.56. The second-order valence-corrected chi connectivity index (χ2v) is 4.80. The summed E-state index contributed by atoms with van der Waals surface area (Å²) < 4.78 is 18.5. The first-order chi connectivity index (χ1) is 11.2. The van der Waals surface area contributed by atoms with Gasteiger partial charge in [-0.05, 0) is 30.3 Å². The first kappa shape index (κ1) is 14.8. The van der Waals surface area contributed by atoms with Crippen molar-refractivity contribution < 1.29 is 13.6 Å². The number of hydrogen-bond donors (Lipinski definition) is 1. The zero-order chi connectivity index (χ0) is 16.1. The van der Waals surface area contributed by atoms with Gasteiger partial charge in [0.05, 0.1) is 0 Å². The van der Waals surface area contributed by atoms with Crippen molar-refractivity contribution in [2.24, 2.45) is 0 Å². The standard InChI is InChI=1S/C16H13FN4O2/c17-12-2-1-3-13(10-12)19-14(22)4-5-15-20-21-16(23-15)11-6-8-18-9-7-11/h1-3,6-10H,4-5H2,(H,19,22). The summed E-state index contributed by atoms with van der Waals surface area (Å²) in [5.74, 6) is 0.0973. The normalized spacial score (nSPS) is 10.5. The van der Waals surface area contributed by atoms with Crippen LogP contribution in [0.15, 0.2) is 53.2 Å². The zero-order valence-electron chi connectivity index (χ0n) is 12.1. The number of rotatable bonds is 5. The molecule has 0 fully saturated rings. The molecule has 0 spiro atoms. The third kappa shape index (κ3) is 3.97. The predicted molar refractivity (Wildman–Crippen MR) is 80.9 cm³/mol. The first-order valence-electron chi connectivity index (χ1n) is 6.99. The van der Waals surface area contributed by atoms with E-state index in [4.69, 9.17) is 4.42 Å². The van der Waals surface area contributed by atoms with Gasteiger partial charge >= 0.3 is 0 Å². The van der Waals surface area contributed by atoms with Gasteiger partial charge in [0.2, 0.25) is 17.7 Å². The topological polar surface area (TPSA) is 80.9 Å². The number of carbonyl (C=O) groups is 1. The minimum absolute atomic E-state index is 0.161. The Bertz CT molecular complexity index is 805. The van der Waals surface area contributed by atoms with Crippen LogP contribution in [0.4, 0.5) is 10.1 Å². The van der Waals surface area contributed by atoms with Gasteiger partial charge in [0.1, 0.15) is 5.82 Å². The predicted octanol–water partition coefficient (Wildman–Crippen LogP) is 2.84. The van der Waals surface area contributed by atoms with E-state index < -0.39 is 5.82 Å². The molecule has 0 atom stereocenters. The van der Waals surface area contributed by atoms with Crippen LogP contribution in [0.3, 0.4) is 0 Å². The molecule has 3 rings (SSSR count). The number of hydrogen-bond acceptors (Lipinski definition) is 5. The SMILES string of the molecule is O=C(CCc1nnc(-c2ccncc2)o1)Nc1cccc(F)c1. The summed E-state index contributed by atoms with van der Waals surface area (Å²) in [6, 6.07) is 9.24. The lowest BCUT2D eigenvalue weighted by Crippen LogP contribution is -2.12. The molecule has 2 aromatic heterocycles. The Morgan fingerprint density at radius 1 is 1.17 bits per heavy atom. The van der Waals surface area contributed by atoms with Crippen molar-refractivity contribution in [2.45, 2.75) is 12.8 Å². The lowest BCUT2D eigenvalue weighted by Gasteiger charge is -2.03. The summed E-state index contributed by atoms with van der Waals surface area (Å²) in [6.07, 6.45) is 3.73. The fourth-order valence-electron chi connectivity index (χ4n) is 1.98. The number of halogens is 1. The highest BCUT2D eigenvalue weighted by Crippen LogP contribution is 2.17. The molecule has 3 aromatic rings. The van der Waals surface area contributed by atoms with E-state index >= 15 is 0 Å². The van der Waals surface area contributed by atoms with E-state index in [-0.39, 0.29) is 12.3 Å². The van der Waals surface area contributed by atoms with E-state index in [1.165, 1.54) is 18.2 Å². The highest BCUT2D eigenvalue weighted by atomic mass is 19.1. The lowest BCUT2D eigenvalue weighted by atomic mass is 10.2. The number of aryl methyl sites for hydroxylation is 1. The summed E-state index contributed by atoms with van der Waals surface area (Å²) >= 11 is 0. The molecule has 1 N–H and O–H groups in total. The van der Waals surface area contributed by atoms with Crippen LogP contribution < -0.4 is 5.32 Å². The number of benzene rings is 1. The molecule has 2 heterocycles. The van der Waals surface area contributed by atoms with E-state index in [1.807, 2.05) is 0 Å². The molecule has 0 aliphatic heterocycles. The number of amides is 1. The van der Waals surface area contributed by atoms with Crippen molar-refractivity contribution in [3.63, 3.8) is 0 Å². The lowest BCUT2D eigenvalue weighted by molar-refractivity contribution is -0.116. The number of carbonyl (C=O) groups excluding carboxylic acids is 1. The van der Waals surface area contributed by atoms with Crippen molar-refractivity contribution in [1.82, 2.24) is 15.2 Å². The molecule has 1 amide bonds. The van der Waals surface area contributed by atoms with Gasteiger partial charge in [-0.25, -0.2) is 4.39 Å². The maximum atomic E-state index is 13.0. The van der Waals surface area contributed by atoms with Crippen LogP contribution >= 0.6 is 0 Å². The van der Waals surface area contributed by atoms with Crippen molar-refractivity contribution in [2.75, 3.05) is 5.32 Å². The summed E-state index contributed by atoms with van der Waals surface area (Å²) in [5.41, 5.74) is 1.18. The van der Waals surface area contributed by atoms with Gasteiger partial charge in [0.15, 0.2) is 0 Å². The van der Waals surface area contributed by atoms with Crippen molar-refractivity contribution in [3.8, 4) is 11.5 Å². The third-order valence-corrected chi connectivity index (χ3v) is 3.07. The molecule has 7 heteroatoms. The third-order valence-electron chi connectivity index (χ3n) is 3.07. The highest BCUT2D eigenvalue weighted by Gasteiger charge is 2.10. The van der Waals surface area contributed by atoms with Crippen LogP contribution in [-0.2, 0) is 11.2 Å². The molecule has 0 radical (unpaired) electrons. The van der Waals surface area contributed by atoms with Crippen LogP contribution in [-0.4, -0.2) is 21.1 Å². The Labute approximate surface area is 131 Å². The van der Waals surface area contributed by atoms with Gasteiger partial charge in [0.25, 0.3) is 0 Å². The summed E-state index contributed by atoms with van der Waals surface area (Å²) in [7, 11) is 0. The average Bonchev–Trinajstić information content (AvgIpc) is 3.03. The number of nitrogens with zero attached hydrogens (tertiary/aromatic N) is 3. The van der Waals surface area contributed by atoms with E-state index in [0.29, 0.717) is 23.9 Å². The molecular formula is C16H13FN4O2. The summed E-state index contributed by atoms with van der Waals surface area (Å²) in [5, 5.41) is 10.5. The molecule has 116 valence electrons. The van der Waals surface area contributed by atoms with Crippen molar-refractivity contribution >= 4 is 11.6 Å². The highest BCUT2D eigenvalue weighted by molar-refractivity contribution is 5.90. The molecule has 0 aliphatic rings. The van der Waals surface area contributed by atoms with Crippen LogP contribution in [0.25, 0.3) is 11.5 Å². The van der Waals surface area contributed by atoms with Crippen molar-refractivity contribution in [3.05, 3.63) is 60.5 Å². The largest absolute Gasteiger partial charge is 0.421 e. The summed E-state index contributed by atoms with van der Waals surface area (Å²) in [4.78, 5) is 15.8. The van der Waals surface area contributed by atoms with Crippen LogP contribution in [0, 0.1) is 5.82 Å². The van der Waals surface area contributed by atoms with E-state index in [0.717, 1.165) is 5.56 Å². The molecule has 0 unspecified atom stereocenters. The molecule has 0 bridgehead atoms. The molecule has 0 saturated carbocycles. The monoisotopic (exact) mass is 312 g/mol. The number of nitrogens with one attached hydrogen (secondary N) is 1. The molecule has 0 aliphatic carbocycles. The molecule has 0 saturated heterocycles. The van der Waals surface area contributed by atoms with Gasteiger partial charge in [-0.2, -0.15) is 0 Å². The van der Waals surface area contributed by atoms with Gasteiger partial charge in [-0.3, -0.25) is 9.78 Å². The number of aromatic nitrogens is 3. The molecule has 23 heavy (non-hydrogen) atoms. The minimum Gasteiger partial charge on any atom is -0.421 e. The first-order valence-corrected chi connectivity index (χ1v) is 6.99. The van der Waals surface area contributed by atoms with Gasteiger partial charge in [0, 0.05) is 36.5 Å². The second kappa shape index (κ2) is 6.78. The Morgan fingerprint density at radius 2 is 2.00 bits per heavy atom. The quantitative estimate of drug-likeness (QED) is 0.783. The van der Waals surface area contributed by atoms with Crippen LogP contribution in [0.2, 0.25) is 0 Å². The van der Waals surface area contributed by atoms with Crippen LogP contribution in [0.1, 0.15) is 12.3 Å². The molecular weight excluding hydrogens is 299 g/mol. The zero-order valence-corrected chi connectivity index (χ0v) is 12.1. The van der Waals surface area contributed by atoms with Crippen molar-refractivity contribution in [1.29, 1.82) is 0 Å². The van der Waals surface area contributed by atoms with E-state index in [1.54, 1.807) is 30.6 Å². The minimum atomic E-state index is -0.401. The average molecular weight is 312 g/mol. The molecule has 1 aromatic carbocycles. The number of anilines is 1.